The van der Waals surface area contributed by atoms with Crippen molar-refractivity contribution in [3.63, 3.8) is 0 Å². The molecule has 1 aliphatic heterocycles. The van der Waals surface area contributed by atoms with Crippen molar-refractivity contribution in [1.82, 2.24) is 0 Å². The quantitative estimate of drug-likeness (QED) is 0.556. The highest BCUT2D eigenvalue weighted by molar-refractivity contribution is 6.74. The summed E-state index contributed by atoms with van der Waals surface area (Å²) in [4.78, 5) is 12.0. The van der Waals surface area contributed by atoms with E-state index < -0.39 is 32.2 Å². The van der Waals surface area contributed by atoms with Gasteiger partial charge in [0.2, 0.25) is 5.67 Å². The van der Waals surface area contributed by atoms with Crippen LogP contribution in [0.4, 0.5) is 4.39 Å². The zero-order chi connectivity index (χ0) is 18.9. The van der Waals surface area contributed by atoms with Crippen LogP contribution < -0.4 is 0 Å². The first-order chi connectivity index (χ1) is 11.4. The maximum absolute atomic E-state index is 15.0. The number of ether oxygens (including phenoxy) is 2. The maximum atomic E-state index is 15.0. The van der Waals surface area contributed by atoms with Gasteiger partial charge in [-0.25, -0.2) is 9.18 Å². The van der Waals surface area contributed by atoms with E-state index in [-0.39, 0.29) is 11.6 Å². The van der Waals surface area contributed by atoms with E-state index in [9.17, 15) is 9.18 Å². The Kier molecular flexibility index (Phi) is 5.76. The lowest BCUT2D eigenvalue weighted by molar-refractivity contribution is -0.150. The highest BCUT2D eigenvalue weighted by Crippen LogP contribution is 2.42. The van der Waals surface area contributed by atoms with E-state index in [0.717, 1.165) is 5.56 Å². The Morgan fingerprint density at radius 1 is 1.24 bits per heavy atom. The van der Waals surface area contributed by atoms with Crippen LogP contribution in [0.2, 0.25) is 18.1 Å². The van der Waals surface area contributed by atoms with E-state index in [2.05, 4.69) is 20.8 Å². The first kappa shape index (κ1) is 20.1. The number of carbonyl (C=O) groups excluding carboxylic acids is 1. The number of carbonyl (C=O) groups is 1. The summed E-state index contributed by atoms with van der Waals surface area (Å²) in [7, 11) is -2.26. The minimum absolute atomic E-state index is 0.0931. The molecule has 0 bridgehead atoms. The van der Waals surface area contributed by atoms with Crippen LogP contribution in [0.15, 0.2) is 30.3 Å². The molecular formula is C19H29FO4Si. The van der Waals surface area contributed by atoms with E-state index in [0.29, 0.717) is 6.61 Å². The van der Waals surface area contributed by atoms with E-state index in [1.807, 2.05) is 43.4 Å². The van der Waals surface area contributed by atoms with E-state index >= 15 is 0 Å². The zero-order valence-corrected chi connectivity index (χ0v) is 17.0. The molecule has 3 atom stereocenters. The lowest BCUT2D eigenvalue weighted by atomic mass is 10.0. The third-order valence-corrected chi connectivity index (χ3v) is 9.61. The third-order valence-electron chi connectivity index (χ3n) is 5.15. The number of halogens is 1. The van der Waals surface area contributed by atoms with Crippen molar-refractivity contribution in [2.24, 2.45) is 0 Å². The summed E-state index contributed by atoms with van der Waals surface area (Å²) in [6.45, 7) is 12.0. The molecule has 25 heavy (non-hydrogen) atoms. The summed E-state index contributed by atoms with van der Waals surface area (Å²) in [6.07, 6.45) is -1.68. The second-order valence-corrected chi connectivity index (χ2v) is 13.1. The van der Waals surface area contributed by atoms with Crippen LogP contribution in [-0.2, 0) is 25.3 Å². The molecule has 1 aliphatic rings. The van der Waals surface area contributed by atoms with Gasteiger partial charge in [0.15, 0.2) is 14.4 Å². The monoisotopic (exact) mass is 368 g/mol. The molecule has 1 heterocycles. The lowest BCUT2D eigenvalue weighted by Gasteiger charge is -2.40. The average molecular weight is 369 g/mol. The van der Waals surface area contributed by atoms with E-state index in [4.69, 9.17) is 13.9 Å². The van der Waals surface area contributed by atoms with Crippen LogP contribution >= 0.6 is 0 Å². The molecule has 0 saturated carbocycles. The van der Waals surface area contributed by atoms with Crippen LogP contribution in [0.25, 0.3) is 0 Å². The molecule has 6 heteroatoms. The molecule has 1 aromatic rings. The smallest absolute Gasteiger partial charge is 0.346 e. The predicted molar refractivity (Wildman–Crippen MR) is 97.6 cm³/mol. The second kappa shape index (κ2) is 7.17. The highest BCUT2D eigenvalue weighted by atomic mass is 28.4. The molecular weight excluding hydrogens is 339 g/mol. The Balaban J connectivity index is 2.06. The Morgan fingerprint density at radius 3 is 2.40 bits per heavy atom. The van der Waals surface area contributed by atoms with E-state index in [1.165, 1.54) is 6.92 Å². The fourth-order valence-corrected chi connectivity index (χ4v) is 3.81. The largest absolute Gasteiger partial charge is 0.455 e. The minimum Gasteiger partial charge on any atom is -0.455 e. The minimum atomic E-state index is -2.26. The molecule has 0 N–H and O–H groups in total. The normalized spacial score (nSPS) is 27.4. The van der Waals surface area contributed by atoms with Crippen molar-refractivity contribution in [2.45, 2.75) is 70.3 Å². The maximum Gasteiger partial charge on any atom is 0.346 e. The summed E-state index contributed by atoms with van der Waals surface area (Å²) < 4.78 is 32.1. The summed E-state index contributed by atoms with van der Waals surface area (Å²) in [5.74, 6) is -0.871. The molecule has 0 spiro atoms. The summed E-state index contributed by atoms with van der Waals surface area (Å²) >= 11 is 0. The number of alkyl halides is 1. The number of rotatable bonds is 6. The van der Waals surface area contributed by atoms with Crippen LogP contribution in [0.1, 0.15) is 33.3 Å². The lowest BCUT2D eigenvalue weighted by Crippen LogP contribution is -2.52. The SMILES string of the molecule is CC(C)(C)[Si](C)(C)O[C@@H]1[C@@H](COCc2ccccc2)OC(=O)[C@]1(C)F. The summed E-state index contributed by atoms with van der Waals surface area (Å²) in [6, 6.07) is 9.68. The van der Waals surface area contributed by atoms with Crippen molar-refractivity contribution in [3.8, 4) is 0 Å². The number of hydrogen-bond donors (Lipinski definition) is 0. The topological polar surface area (TPSA) is 44.8 Å². The molecule has 0 aromatic heterocycles. The summed E-state index contributed by atoms with van der Waals surface area (Å²) in [5.41, 5.74) is -1.15. The Hall–Kier alpha value is -1.24. The molecule has 1 saturated heterocycles. The molecule has 1 fully saturated rings. The number of benzene rings is 1. The van der Waals surface area contributed by atoms with Gasteiger partial charge in [0.25, 0.3) is 0 Å². The first-order valence-corrected chi connectivity index (χ1v) is 11.6. The van der Waals surface area contributed by atoms with Gasteiger partial charge in [0, 0.05) is 0 Å². The molecule has 0 radical (unpaired) electrons. The Bertz CT molecular complexity index is 595. The Morgan fingerprint density at radius 2 is 1.84 bits per heavy atom. The number of hydrogen-bond acceptors (Lipinski definition) is 4. The summed E-state index contributed by atoms with van der Waals surface area (Å²) in [5, 5.41) is -0.0931. The number of cyclic esters (lactones) is 1. The van der Waals surface area contributed by atoms with Gasteiger partial charge in [-0.3, -0.25) is 0 Å². The number of esters is 1. The fraction of sp³-hybridized carbons (Fsp3) is 0.632. The third kappa shape index (κ3) is 4.48. The highest BCUT2D eigenvalue weighted by Gasteiger charge is 2.58. The van der Waals surface area contributed by atoms with Crippen LogP contribution in [-0.4, -0.2) is 38.8 Å². The molecule has 0 unspecified atom stereocenters. The van der Waals surface area contributed by atoms with Gasteiger partial charge in [-0.2, -0.15) is 0 Å². The van der Waals surface area contributed by atoms with E-state index in [1.54, 1.807) is 0 Å². The van der Waals surface area contributed by atoms with Crippen LogP contribution in [0, 0.1) is 0 Å². The van der Waals surface area contributed by atoms with Gasteiger partial charge in [-0.1, -0.05) is 51.1 Å². The van der Waals surface area contributed by atoms with Crippen molar-refractivity contribution >= 4 is 14.3 Å². The first-order valence-electron chi connectivity index (χ1n) is 8.64. The molecule has 0 amide bonds. The van der Waals surface area contributed by atoms with Gasteiger partial charge in [-0.15, -0.1) is 0 Å². The van der Waals surface area contributed by atoms with Crippen molar-refractivity contribution in [2.75, 3.05) is 6.61 Å². The standard InChI is InChI=1S/C19H29FO4Si/c1-18(2,3)25(5,6)24-16-15(23-17(21)19(16,4)20)13-22-12-14-10-8-7-9-11-14/h7-11,15-16H,12-13H2,1-6H3/t15-,16-,19-/m1/s1. The molecule has 140 valence electrons. The molecule has 2 rings (SSSR count). The van der Waals surface area contributed by atoms with Crippen LogP contribution in [0.5, 0.6) is 0 Å². The Labute approximate surface area is 150 Å². The van der Waals surface area contributed by atoms with Gasteiger partial charge >= 0.3 is 5.97 Å². The van der Waals surface area contributed by atoms with Crippen molar-refractivity contribution < 1.29 is 23.1 Å². The van der Waals surface area contributed by atoms with Gasteiger partial charge < -0.3 is 13.9 Å². The zero-order valence-electron chi connectivity index (χ0n) is 16.0. The van der Waals surface area contributed by atoms with Crippen LogP contribution in [0.3, 0.4) is 0 Å². The predicted octanol–water partition coefficient (Wildman–Crippen LogP) is 4.25. The van der Waals surface area contributed by atoms with Gasteiger partial charge in [0.1, 0.15) is 6.10 Å². The van der Waals surface area contributed by atoms with Crippen molar-refractivity contribution in [1.29, 1.82) is 0 Å². The van der Waals surface area contributed by atoms with Gasteiger partial charge in [-0.05, 0) is 30.6 Å². The molecule has 0 aliphatic carbocycles. The van der Waals surface area contributed by atoms with Gasteiger partial charge in [0.05, 0.1) is 13.2 Å². The second-order valence-electron chi connectivity index (χ2n) is 8.32. The van der Waals surface area contributed by atoms with Crippen molar-refractivity contribution in [3.05, 3.63) is 35.9 Å². The molecule has 1 aromatic carbocycles. The fourth-order valence-electron chi connectivity index (χ4n) is 2.45. The molecule has 4 nitrogen and oxygen atoms in total. The average Bonchev–Trinajstić information content (AvgIpc) is 2.70.